The summed E-state index contributed by atoms with van der Waals surface area (Å²) in [5.74, 6) is -4.45. The van der Waals surface area contributed by atoms with Gasteiger partial charge in [-0.1, -0.05) is 0 Å². The molecule has 0 aliphatic heterocycles. The van der Waals surface area contributed by atoms with E-state index < -0.39 is 33.5 Å². The number of hydrogen-bond acceptors (Lipinski definition) is 5. The molecule has 0 atom stereocenters. The number of ether oxygens (including phenoxy) is 1. The molecule has 1 aromatic carbocycles. The number of rotatable bonds is 5. The lowest BCUT2D eigenvalue weighted by atomic mass is 10.2. The highest BCUT2D eigenvalue weighted by molar-refractivity contribution is 7.93. The monoisotopic (exact) mass is 291 g/mol. The maximum absolute atomic E-state index is 13.0. The Morgan fingerprint density at radius 1 is 1.42 bits per heavy atom. The molecule has 1 rings (SSSR count). The van der Waals surface area contributed by atoms with Crippen molar-refractivity contribution in [1.29, 1.82) is 0 Å². The fraction of sp³-hybridized carbons (Fsp3) is 0.200. The molecule has 0 radical (unpaired) electrons. The van der Waals surface area contributed by atoms with Crippen LogP contribution in [-0.4, -0.2) is 38.3 Å². The molecule has 0 amide bonds. The van der Waals surface area contributed by atoms with E-state index in [9.17, 15) is 22.4 Å². The van der Waals surface area contributed by atoms with Crippen LogP contribution >= 0.6 is 0 Å². The third-order valence-corrected chi connectivity index (χ3v) is 3.12. The first kappa shape index (κ1) is 14.9. The van der Waals surface area contributed by atoms with Crippen LogP contribution in [0.1, 0.15) is 10.4 Å². The highest BCUT2D eigenvalue weighted by Gasteiger charge is 2.20. The molecular weight excluding hydrogens is 281 g/mol. The molecule has 0 aliphatic rings. The zero-order chi connectivity index (χ0) is 14.6. The Balaban J connectivity index is 3.14. The van der Waals surface area contributed by atoms with E-state index >= 15 is 0 Å². The Hall–Kier alpha value is -2.16. The highest BCUT2D eigenvalue weighted by atomic mass is 32.2. The molecule has 0 saturated carbocycles. The third-order valence-electron chi connectivity index (χ3n) is 1.97. The van der Waals surface area contributed by atoms with Gasteiger partial charge in [0.15, 0.2) is 5.75 Å². The lowest BCUT2D eigenvalue weighted by Crippen LogP contribution is -2.23. The fourth-order valence-electron chi connectivity index (χ4n) is 1.25. The van der Waals surface area contributed by atoms with Gasteiger partial charge >= 0.3 is 11.9 Å². The van der Waals surface area contributed by atoms with Gasteiger partial charge in [-0.05, 0) is 18.2 Å². The van der Waals surface area contributed by atoms with Crippen molar-refractivity contribution >= 4 is 27.6 Å². The van der Waals surface area contributed by atoms with Gasteiger partial charge < -0.3 is 9.84 Å². The van der Waals surface area contributed by atoms with Gasteiger partial charge in [0.1, 0.15) is 5.82 Å². The second kappa shape index (κ2) is 5.65. The number of hydrogen-bond donors (Lipinski definition) is 2. The molecule has 9 heteroatoms. The number of carboxylic acid groups (broad SMARTS) is 1. The van der Waals surface area contributed by atoms with Gasteiger partial charge in [0.2, 0.25) is 10.0 Å². The molecule has 0 spiro atoms. The van der Waals surface area contributed by atoms with Crippen molar-refractivity contribution in [2.75, 3.05) is 17.6 Å². The van der Waals surface area contributed by atoms with Crippen molar-refractivity contribution in [3.63, 3.8) is 0 Å². The second-order valence-electron chi connectivity index (χ2n) is 3.44. The smallest absolute Gasteiger partial charge is 0.340 e. The summed E-state index contributed by atoms with van der Waals surface area (Å²) in [6, 6.07) is 2.70. The Morgan fingerprint density at radius 3 is 2.58 bits per heavy atom. The van der Waals surface area contributed by atoms with Crippen LogP contribution in [0, 0.1) is 5.82 Å². The number of esters is 1. The van der Waals surface area contributed by atoms with E-state index in [1.165, 1.54) is 0 Å². The van der Waals surface area contributed by atoms with Crippen molar-refractivity contribution in [3.8, 4) is 0 Å². The molecule has 0 aliphatic carbocycles. The van der Waals surface area contributed by atoms with E-state index in [0.717, 1.165) is 25.3 Å². The summed E-state index contributed by atoms with van der Waals surface area (Å²) in [5, 5.41) is 8.43. The van der Waals surface area contributed by atoms with Crippen LogP contribution in [-0.2, 0) is 19.6 Å². The van der Waals surface area contributed by atoms with Crippen molar-refractivity contribution in [2.45, 2.75) is 0 Å². The first-order chi connectivity index (χ1) is 8.75. The normalized spacial score (nSPS) is 10.8. The van der Waals surface area contributed by atoms with Crippen LogP contribution in [0.2, 0.25) is 0 Å². The topological polar surface area (TPSA) is 110 Å². The SMILES string of the molecule is COC(=O)c1cc(F)ccc1NS(=O)(=O)CC(=O)O. The summed E-state index contributed by atoms with van der Waals surface area (Å²) < 4.78 is 42.1. The molecule has 104 valence electrons. The number of sulfonamides is 1. The number of carbonyl (C=O) groups is 2. The van der Waals surface area contributed by atoms with E-state index in [-0.39, 0.29) is 11.3 Å². The number of aliphatic carboxylic acids is 1. The van der Waals surface area contributed by atoms with Gasteiger partial charge in [-0.15, -0.1) is 0 Å². The van der Waals surface area contributed by atoms with Crippen LogP contribution in [0.25, 0.3) is 0 Å². The minimum Gasteiger partial charge on any atom is -0.480 e. The van der Waals surface area contributed by atoms with Crippen LogP contribution < -0.4 is 4.72 Å². The van der Waals surface area contributed by atoms with Gasteiger partial charge in [-0.2, -0.15) is 0 Å². The molecule has 7 nitrogen and oxygen atoms in total. The summed E-state index contributed by atoms with van der Waals surface area (Å²) >= 11 is 0. The summed E-state index contributed by atoms with van der Waals surface area (Å²) in [5.41, 5.74) is -0.606. The standard InChI is InChI=1S/C10H10FNO6S/c1-18-10(15)7-4-6(11)2-3-8(7)12-19(16,17)5-9(13)14/h2-4,12H,5H2,1H3,(H,13,14). The largest absolute Gasteiger partial charge is 0.480 e. The maximum atomic E-state index is 13.0. The van der Waals surface area contributed by atoms with E-state index in [1.54, 1.807) is 0 Å². The third kappa shape index (κ3) is 4.21. The Kier molecular flexibility index (Phi) is 4.43. The number of anilines is 1. The van der Waals surface area contributed by atoms with Gasteiger partial charge in [0, 0.05) is 0 Å². The molecule has 0 unspecified atom stereocenters. The van der Waals surface area contributed by atoms with Gasteiger partial charge in [-0.3, -0.25) is 9.52 Å². The Labute approximate surface area is 108 Å². The van der Waals surface area contributed by atoms with Crippen LogP contribution in [0.5, 0.6) is 0 Å². The number of nitrogens with one attached hydrogen (secondary N) is 1. The molecule has 0 aromatic heterocycles. The van der Waals surface area contributed by atoms with E-state index in [4.69, 9.17) is 5.11 Å². The van der Waals surface area contributed by atoms with Gasteiger partial charge in [0.25, 0.3) is 0 Å². The Morgan fingerprint density at radius 2 is 2.05 bits per heavy atom. The molecule has 1 aromatic rings. The predicted molar refractivity (Wildman–Crippen MR) is 62.8 cm³/mol. The molecule has 2 N–H and O–H groups in total. The number of methoxy groups -OCH3 is 1. The first-order valence-electron chi connectivity index (χ1n) is 4.85. The predicted octanol–water partition coefficient (Wildman–Crippen LogP) is 0.439. The lowest BCUT2D eigenvalue weighted by molar-refractivity contribution is -0.134. The molecule has 0 heterocycles. The number of halogens is 1. The average Bonchev–Trinajstić information content (AvgIpc) is 2.28. The van der Waals surface area contributed by atoms with Crippen molar-refractivity contribution in [2.24, 2.45) is 0 Å². The number of carboxylic acids is 1. The summed E-state index contributed by atoms with van der Waals surface area (Å²) in [6.07, 6.45) is 0. The molecular formula is C10H10FNO6S. The van der Waals surface area contributed by atoms with Crippen molar-refractivity contribution in [3.05, 3.63) is 29.6 Å². The molecule has 0 saturated heterocycles. The zero-order valence-electron chi connectivity index (χ0n) is 9.71. The minimum atomic E-state index is -4.19. The fourth-order valence-corrected chi connectivity index (χ4v) is 2.16. The van der Waals surface area contributed by atoms with Gasteiger partial charge in [-0.25, -0.2) is 17.6 Å². The van der Waals surface area contributed by atoms with E-state index in [1.807, 2.05) is 4.72 Å². The van der Waals surface area contributed by atoms with E-state index in [0.29, 0.717) is 0 Å². The molecule has 0 fully saturated rings. The van der Waals surface area contributed by atoms with Crippen LogP contribution in [0.3, 0.4) is 0 Å². The summed E-state index contributed by atoms with van der Waals surface area (Å²) in [7, 11) is -3.15. The first-order valence-corrected chi connectivity index (χ1v) is 6.50. The maximum Gasteiger partial charge on any atom is 0.340 e. The van der Waals surface area contributed by atoms with Crippen LogP contribution in [0.15, 0.2) is 18.2 Å². The summed E-state index contributed by atoms with van der Waals surface area (Å²) in [6.45, 7) is 0. The molecule has 0 bridgehead atoms. The Bertz CT molecular complexity index is 612. The zero-order valence-corrected chi connectivity index (χ0v) is 10.5. The number of carbonyl (C=O) groups excluding carboxylic acids is 1. The molecule has 19 heavy (non-hydrogen) atoms. The lowest BCUT2D eigenvalue weighted by Gasteiger charge is -2.10. The van der Waals surface area contributed by atoms with Gasteiger partial charge in [0.05, 0.1) is 18.4 Å². The highest BCUT2D eigenvalue weighted by Crippen LogP contribution is 2.19. The number of benzene rings is 1. The minimum absolute atomic E-state index is 0.255. The van der Waals surface area contributed by atoms with Crippen molar-refractivity contribution in [1.82, 2.24) is 0 Å². The average molecular weight is 291 g/mol. The quantitative estimate of drug-likeness (QED) is 0.762. The van der Waals surface area contributed by atoms with Crippen molar-refractivity contribution < 1.29 is 32.2 Å². The summed E-state index contributed by atoms with van der Waals surface area (Å²) in [4.78, 5) is 21.7. The van der Waals surface area contributed by atoms with E-state index in [2.05, 4.69) is 4.74 Å². The van der Waals surface area contributed by atoms with Crippen LogP contribution in [0.4, 0.5) is 10.1 Å². The second-order valence-corrected chi connectivity index (χ2v) is 5.16.